The average molecular weight is 370 g/mol. The molecule has 22 heavy (non-hydrogen) atoms. The van der Waals surface area contributed by atoms with Crippen LogP contribution in [0.4, 0.5) is 4.79 Å². The van der Waals surface area contributed by atoms with Gasteiger partial charge < -0.3 is 14.7 Å². The fraction of sp³-hybridized carbons (Fsp3) is 0.588. The van der Waals surface area contributed by atoms with Gasteiger partial charge >= 0.3 is 6.09 Å². The fourth-order valence-corrected chi connectivity index (χ4v) is 3.21. The topological polar surface area (TPSA) is 49.8 Å². The summed E-state index contributed by atoms with van der Waals surface area (Å²) in [6, 6.07) is 7.74. The van der Waals surface area contributed by atoms with E-state index >= 15 is 0 Å². The Balaban J connectivity index is 1.92. The first-order valence-corrected chi connectivity index (χ1v) is 8.47. The van der Waals surface area contributed by atoms with Crippen LogP contribution in [0.25, 0.3) is 0 Å². The monoisotopic (exact) mass is 369 g/mol. The predicted octanol–water partition coefficient (Wildman–Crippen LogP) is 4.13. The molecule has 5 heteroatoms. The van der Waals surface area contributed by atoms with Crippen molar-refractivity contribution >= 4 is 22.0 Å². The highest BCUT2D eigenvalue weighted by molar-refractivity contribution is 9.10. The van der Waals surface area contributed by atoms with Gasteiger partial charge in [0, 0.05) is 17.6 Å². The van der Waals surface area contributed by atoms with E-state index < -0.39 is 11.7 Å². The second-order valence-electron chi connectivity index (χ2n) is 6.77. The van der Waals surface area contributed by atoms with Crippen LogP contribution in [0.1, 0.15) is 45.3 Å². The van der Waals surface area contributed by atoms with Gasteiger partial charge in [0.1, 0.15) is 5.60 Å². The molecule has 1 aliphatic rings. The van der Waals surface area contributed by atoms with Gasteiger partial charge in [0.05, 0.1) is 6.10 Å². The molecule has 2 rings (SSSR count). The van der Waals surface area contributed by atoms with E-state index in [9.17, 15) is 9.90 Å². The van der Waals surface area contributed by atoms with Crippen molar-refractivity contribution in [3.8, 4) is 0 Å². The summed E-state index contributed by atoms with van der Waals surface area (Å²) in [5, 5.41) is 10.6. The number of hydrogen-bond donors (Lipinski definition) is 1. The largest absolute Gasteiger partial charge is 0.444 e. The summed E-state index contributed by atoms with van der Waals surface area (Å²) in [4.78, 5) is 13.8. The first-order chi connectivity index (χ1) is 10.3. The molecule has 0 radical (unpaired) electrons. The second-order valence-corrected chi connectivity index (χ2v) is 7.63. The molecule has 1 heterocycles. The van der Waals surface area contributed by atoms with Crippen LogP contribution in [0.2, 0.25) is 0 Å². The zero-order chi connectivity index (χ0) is 16.3. The quantitative estimate of drug-likeness (QED) is 0.852. The molecule has 1 saturated heterocycles. The number of likely N-dealkylation sites (tertiary alicyclic amines) is 1. The third-order valence-corrected chi connectivity index (χ3v) is 4.58. The van der Waals surface area contributed by atoms with Crippen molar-refractivity contribution in [3.05, 3.63) is 34.3 Å². The van der Waals surface area contributed by atoms with Gasteiger partial charge in [-0.3, -0.25) is 0 Å². The van der Waals surface area contributed by atoms with Crippen molar-refractivity contribution in [3.63, 3.8) is 0 Å². The number of amides is 1. The highest BCUT2D eigenvalue weighted by Crippen LogP contribution is 2.34. The Kier molecular flexibility index (Phi) is 5.50. The minimum Gasteiger partial charge on any atom is -0.444 e. The lowest BCUT2D eigenvalue weighted by Crippen LogP contribution is -2.42. The molecule has 1 aromatic rings. The summed E-state index contributed by atoms with van der Waals surface area (Å²) in [7, 11) is 0. The van der Waals surface area contributed by atoms with Crippen molar-refractivity contribution in [2.24, 2.45) is 5.92 Å². The lowest BCUT2D eigenvalue weighted by Gasteiger charge is -2.35. The number of halogens is 1. The van der Waals surface area contributed by atoms with Crippen LogP contribution >= 0.6 is 15.9 Å². The van der Waals surface area contributed by atoms with Crippen LogP contribution in [0.3, 0.4) is 0 Å². The summed E-state index contributed by atoms with van der Waals surface area (Å²) in [6.07, 6.45) is 0.793. The van der Waals surface area contributed by atoms with Crippen LogP contribution in [0.15, 0.2) is 28.7 Å². The van der Waals surface area contributed by atoms with Crippen molar-refractivity contribution < 1.29 is 14.6 Å². The number of aliphatic hydroxyl groups excluding tert-OH is 1. The van der Waals surface area contributed by atoms with E-state index in [1.54, 1.807) is 4.90 Å². The fourth-order valence-electron chi connectivity index (χ4n) is 2.69. The van der Waals surface area contributed by atoms with E-state index in [0.29, 0.717) is 13.1 Å². The maximum absolute atomic E-state index is 12.0. The predicted molar refractivity (Wildman–Crippen MR) is 89.6 cm³/mol. The number of piperidine rings is 1. The van der Waals surface area contributed by atoms with Crippen LogP contribution in [-0.4, -0.2) is 34.8 Å². The molecular weight excluding hydrogens is 346 g/mol. The summed E-state index contributed by atoms with van der Waals surface area (Å²) in [5.74, 6) is 0.164. The maximum Gasteiger partial charge on any atom is 0.410 e. The Morgan fingerprint density at radius 3 is 2.45 bits per heavy atom. The third-order valence-electron chi connectivity index (χ3n) is 3.86. The molecule has 1 aliphatic heterocycles. The standard InChI is InChI=1S/C17H24BrNO3/c1-17(2,3)22-16(21)19-10-8-12(9-11-19)15(20)13-6-4-5-7-14(13)18/h4-7,12,15,20H,8-11H2,1-3H3. The summed E-state index contributed by atoms with van der Waals surface area (Å²) < 4.78 is 6.32. The molecule has 122 valence electrons. The summed E-state index contributed by atoms with van der Waals surface area (Å²) in [5.41, 5.74) is 0.445. The molecule has 1 N–H and O–H groups in total. The number of nitrogens with zero attached hydrogens (tertiary/aromatic N) is 1. The Morgan fingerprint density at radius 2 is 1.91 bits per heavy atom. The number of rotatable bonds is 2. The van der Waals surface area contributed by atoms with Crippen molar-refractivity contribution in [1.82, 2.24) is 4.90 Å². The highest BCUT2D eigenvalue weighted by atomic mass is 79.9. The van der Waals surface area contributed by atoms with E-state index in [0.717, 1.165) is 22.9 Å². The minimum atomic E-state index is -0.503. The van der Waals surface area contributed by atoms with Gasteiger partial charge in [0.2, 0.25) is 0 Å². The first-order valence-electron chi connectivity index (χ1n) is 7.68. The van der Waals surface area contributed by atoms with Gasteiger partial charge in [-0.2, -0.15) is 0 Å². The van der Waals surface area contributed by atoms with Gasteiger partial charge in [-0.15, -0.1) is 0 Å². The van der Waals surface area contributed by atoms with E-state index in [2.05, 4.69) is 15.9 Å². The van der Waals surface area contributed by atoms with Crippen molar-refractivity contribution in [2.45, 2.75) is 45.3 Å². The highest BCUT2D eigenvalue weighted by Gasteiger charge is 2.31. The molecule has 0 bridgehead atoms. The molecule has 0 aromatic heterocycles. The molecule has 1 amide bonds. The number of hydrogen-bond acceptors (Lipinski definition) is 3. The molecule has 0 saturated carbocycles. The molecular formula is C17H24BrNO3. The van der Waals surface area contributed by atoms with Gasteiger partial charge in [-0.05, 0) is 51.2 Å². The Hall–Kier alpha value is -1.07. The lowest BCUT2D eigenvalue weighted by molar-refractivity contribution is 0.00758. The molecule has 1 aromatic carbocycles. The van der Waals surface area contributed by atoms with Crippen LogP contribution in [0, 0.1) is 5.92 Å². The maximum atomic E-state index is 12.0. The Bertz CT molecular complexity index is 519. The smallest absolute Gasteiger partial charge is 0.410 e. The third kappa shape index (κ3) is 4.46. The van der Waals surface area contributed by atoms with E-state index in [1.807, 2.05) is 45.0 Å². The number of carbonyl (C=O) groups excluding carboxylic acids is 1. The number of benzene rings is 1. The molecule has 4 nitrogen and oxygen atoms in total. The molecule has 0 spiro atoms. The number of carbonyl (C=O) groups is 1. The second kappa shape index (κ2) is 7.01. The Morgan fingerprint density at radius 1 is 1.32 bits per heavy atom. The first kappa shape index (κ1) is 17.3. The average Bonchev–Trinajstić information content (AvgIpc) is 2.45. The van der Waals surface area contributed by atoms with Gasteiger partial charge in [-0.25, -0.2) is 4.79 Å². The van der Waals surface area contributed by atoms with Crippen molar-refractivity contribution in [1.29, 1.82) is 0 Å². The SMILES string of the molecule is CC(C)(C)OC(=O)N1CCC(C(O)c2ccccc2Br)CC1. The number of ether oxygens (including phenoxy) is 1. The van der Waals surface area contributed by atoms with Gasteiger partial charge in [0.15, 0.2) is 0 Å². The van der Waals surface area contributed by atoms with Crippen LogP contribution in [0.5, 0.6) is 0 Å². The molecule has 1 fully saturated rings. The van der Waals surface area contributed by atoms with Crippen LogP contribution in [-0.2, 0) is 4.74 Å². The van der Waals surface area contributed by atoms with E-state index in [1.165, 1.54) is 0 Å². The normalized spacial score (nSPS) is 18.1. The van der Waals surface area contributed by atoms with Gasteiger partial charge in [0.25, 0.3) is 0 Å². The van der Waals surface area contributed by atoms with E-state index in [4.69, 9.17) is 4.74 Å². The number of aliphatic hydroxyl groups is 1. The zero-order valence-electron chi connectivity index (χ0n) is 13.4. The zero-order valence-corrected chi connectivity index (χ0v) is 15.0. The van der Waals surface area contributed by atoms with Crippen LogP contribution < -0.4 is 0 Å². The van der Waals surface area contributed by atoms with E-state index in [-0.39, 0.29) is 12.0 Å². The molecule has 0 aliphatic carbocycles. The van der Waals surface area contributed by atoms with Gasteiger partial charge in [-0.1, -0.05) is 34.1 Å². The molecule has 1 unspecified atom stereocenters. The molecule has 1 atom stereocenters. The lowest BCUT2D eigenvalue weighted by atomic mass is 9.87. The minimum absolute atomic E-state index is 0.164. The summed E-state index contributed by atoms with van der Waals surface area (Å²) >= 11 is 3.49. The Labute approximate surface area is 140 Å². The van der Waals surface area contributed by atoms with Crippen molar-refractivity contribution in [2.75, 3.05) is 13.1 Å². The summed E-state index contributed by atoms with van der Waals surface area (Å²) in [6.45, 7) is 6.86.